The van der Waals surface area contributed by atoms with Crippen LogP contribution in [0.25, 0.3) is 0 Å². The first-order chi connectivity index (χ1) is 8.88. The molecule has 0 bridgehead atoms. The highest BCUT2D eigenvalue weighted by molar-refractivity contribution is 5.81. The van der Waals surface area contributed by atoms with E-state index in [1.807, 2.05) is 0 Å². The quantitative estimate of drug-likeness (QED) is 0.407. The average Bonchev–Trinajstić information content (AvgIpc) is 2.35. The van der Waals surface area contributed by atoms with Crippen molar-refractivity contribution in [2.45, 2.75) is 12.8 Å². The van der Waals surface area contributed by atoms with Gasteiger partial charge in [-0.2, -0.15) is 5.01 Å². The summed E-state index contributed by atoms with van der Waals surface area (Å²) in [7, 11) is 2.32. The van der Waals surface area contributed by atoms with Crippen LogP contribution in [0.4, 0.5) is 0 Å². The lowest BCUT2D eigenvalue weighted by atomic mass is 10.3. The van der Waals surface area contributed by atoms with Crippen LogP contribution < -0.4 is 5.43 Å². The van der Waals surface area contributed by atoms with E-state index in [4.69, 9.17) is 5.11 Å². The molecule has 0 aromatic carbocycles. The van der Waals surface area contributed by atoms with Gasteiger partial charge in [-0.3, -0.25) is 24.6 Å². The monoisotopic (exact) mass is 276 g/mol. The summed E-state index contributed by atoms with van der Waals surface area (Å²) in [6, 6.07) is 0. The van der Waals surface area contributed by atoms with Crippen molar-refractivity contribution in [1.82, 2.24) is 10.4 Å². The number of methoxy groups -OCH3 is 2. The maximum absolute atomic E-state index is 11.4. The number of aliphatic carboxylic acids is 1. The van der Waals surface area contributed by atoms with E-state index >= 15 is 0 Å². The molecular weight excluding hydrogens is 260 g/mol. The average molecular weight is 276 g/mol. The van der Waals surface area contributed by atoms with Crippen LogP contribution in [0.2, 0.25) is 0 Å². The van der Waals surface area contributed by atoms with E-state index in [-0.39, 0.29) is 25.9 Å². The number of esters is 2. The normalized spacial score (nSPS) is 9.84. The fourth-order valence-corrected chi connectivity index (χ4v) is 1.03. The minimum atomic E-state index is -1.12. The molecule has 0 saturated heterocycles. The van der Waals surface area contributed by atoms with Crippen molar-refractivity contribution in [3.8, 4) is 0 Å². The van der Waals surface area contributed by atoms with Gasteiger partial charge in [-0.25, -0.2) is 0 Å². The SMILES string of the molecule is COC(=O)CN(CC(=O)OC)NC(=O)CCC(=O)O. The Bertz CT molecular complexity index is 338. The first-order valence-corrected chi connectivity index (χ1v) is 5.29. The van der Waals surface area contributed by atoms with Crippen LogP contribution in [0.15, 0.2) is 0 Å². The summed E-state index contributed by atoms with van der Waals surface area (Å²) in [6.45, 7) is -0.713. The molecule has 9 nitrogen and oxygen atoms in total. The summed E-state index contributed by atoms with van der Waals surface area (Å²) in [5.74, 6) is -3.08. The van der Waals surface area contributed by atoms with Crippen LogP contribution in [-0.2, 0) is 28.7 Å². The Morgan fingerprint density at radius 2 is 1.47 bits per heavy atom. The minimum absolute atomic E-state index is 0.270. The van der Waals surface area contributed by atoms with Gasteiger partial charge in [0.25, 0.3) is 0 Å². The molecule has 2 N–H and O–H groups in total. The standard InChI is InChI=1S/C10H16N2O7/c1-18-9(16)5-12(6-10(17)19-2)11-7(13)3-4-8(14)15/h3-6H2,1-2H3,(H,11,13)(H,14,15). The molecule has 0 atom stereocenters. The van der Waals surface area contributed by atoms with Gasteiger partial charge in [0.1, 0.15) is 13.1 Å². The van der Waals surface area contributed by atoms with Crippen molar-refractivity contribution in [2.75, 3.05) is 27.3 Å². The predicted octanol–water partition coefficient (Wildman–Crippen LogP) is -1.47. The topological polar surface area (TPSA) is 122 Å². The number of carbonyl (C=O) groups is 4. The number of nitrogens with zero attached hydrogens (tertiary/aromatic N) is 1. The summed E-state index contributed by atoms with van der Waals surface area (Å²) in [5, 5.41) is 9.41. The van der Waals surface area contributed by atoms with Gasteiger partial charge in [0, 0.05) is 6.42 Å². The second-order valence-corrected chi connectivity index (χ2v) is 3.44. The Hall–Kier alpha value is -2.16. The lowest BCUT2D eigenvalue weighted by Crippen LogP contribution is -2.48. The largest absolute Gasteiger partial charge is 0.481 e. The summed E-state index contributed by atoms with van der Waals surface area (Å²) in [4.78, 5) is 43.8. The zero-order chi connectivity index (χ0) is 14.8. The molecule has 0 heterocycles. The van der Waals surface area contributed by atoms with E-state index in [0.717, 1.165) is 19.2 Å². The summed E-state index contributed by atoms with van der Waals surface area (Å²) in [6.07, 6.45) is -0.621. The molecule has 9 heteroatoms. The second kappa shape index (κ2) is 8.86. The maximum atomic E-state index is 11.4. The lowest BCUT2D eigenvalue weighted by molar-refractivity contribution is -0.149. The molecular formula is C10H16N2O7. The van der Waals surface area contributed by atoms with Gasteiger partial charge in [0.05, 0.1) is 20.6 Å². The minimum Gasteiger partial charge on any atom is -0.481 e. The van der Waals surface area contributed by atoms with Crippen molar-refractivity contribution >= 4 is 23.8 Å². The third kappa shape index (κ3) is 8.55. The number of ether oxygens (including phenoxy) is 2. The molecule has 0 aromatic rings. The Balaban J connectivity index is 4.39. The van der Waals surface area contributed by atoms with E-state index < -0.39 is 23.8 Å². The molecule has 0 aliphatic heterocycles. The van der Waals surface area contributed by atoms with Crippen molar-refractivity contribution in [3.63, 3.8) is 0 Å². The van der Waals surface area contributed by atoms with Crippen LogP contribution in [0.3, 0.4) is 0 Å². The molecule has 0 spiro atoms. The molecule has 0 aliphatic rings. The highest BCUT2D eigenvalue weighted by Crippen LogP contribution is 1.92. The van der Waals surface area contributed by atoms with Crippen molar-refractivity contribution in [3.05, 3.63) is 0 Å². The summed E-state index contributed by atoms with van der Waals surface area (Å²) >= 11 is 0. The van der Waals surface area contributed by atoms with E-state index in [1.54, 1.807) is 0 Å². The highest BCUT2D eigenvalue weighted by Gasteiger charge is 2.18. The Kier molecular flexibility index (Phi) is 7.85. The smallest absolute Gasteiger partial charge is 0.321 e. The molecule has 19 heavy (non-hydrogen) atoms. The number of hydrogen-bond acceptors (Lipinski definition) is 7. The van der Waals surface area contributed by atoms with Crippen LogP contribution in [0.1, 0.15) is 12.8 Å². The molecule has 0 rings (SSSR count). The van der Waals surface area contributed by atoms with Gasteiger partial charge in [0.2, 0.25) is 5.91 Å². The molecule has 1 amide bonds. The number of hydrazine groups is 1. The lowest BCUT2D eigenvalue weighted by Gasteiger charge is -2.20. The van der Waals surface area contributed by atoms with E-state index in [0.29, 0.717) is 0 Å². The first kappa shape index (κ1) is 16.8. The number of hydrogen-bond donors (Lipinski definition) is 2. The fourth-order valence-electron chi connectivity index (χ4n) is 1.03. The summed E-state index contributed by atoms with van der Waals surface area (Å²) in [5.41, 5.74) is 2.23. The van der Waals surface area contributed by atoms with Gasteiger partial charge in [-0.05, 0) is 0 Å². The zero-order valence-corrected chi connectivity index (χ0v) is 10.7. The van der Waals surface area contributed by atoms with Crippen molar-refractivity contribution in [1.29, 1.82) is 0 Å². The third-order valence-electron chi connectivity index (χ3n) is 1.94. The molecule has 0 saturated carbocycles. The Morgan fingerprint density at radius 1 is 1.00 bits per heavy atom. The number of carboxylic acid groups (broad SMARTS) is 1. The van der Waals surface area contributed by atoms with Crippen LogP contribution >= 0.6 is 0 Å². The van der Waals surface area contributed by atoms with E-state index in [9.17, 15) is 19.2 Å². The van der Waals surface area contributed by atoms with Gasteiger partial charge in [-0.15, -0.1) is 0 Å². The van der Waals surface area contributed by atoms with Crippen molar-refractivity contribution < 1.29 is 33.8 Å². The number of amides is 1. The number of rotatable bonds is 8. The van der Waals surface area contributed by atoms with E-state index in [2.05, 4.69) is 14.9 Å². The Labute approximate surface area is 109 Å². The first-order valence-electron chi connectivity index (χ1n) is 5.29. The van der Waals surface area contributed by atoms with Gasteiger partial charge < -0.3 is 14.6 Å². The molecule has 0 fully saturated rings. The zero-order valence-electron chi connectivity index (χ0n) is 10.7. The molecule has 0 aromatic heterocycles. The fraction of sp³-hybridized carbons (Fsp3) is 0.600. The molecule has 0 aliphatic carbocycles. The van der Waals surface area contributed by atoms with Crippen LogP contribution in [-0.4, -0.2) is 61.2 Å². The third-order valence-corrected chi connectivity index (χ3v) is 1.94. The van der Waals surface area contributed by atoms with Gasteiger partial charge in [0.15, 0.2) is 0 Å². The predicted molar refractivity (Wildman–Crippen MR) is 60.6 cm³/mol. The second-order valence-electron chi connectivity index (χ2n) is 3.44. The van der Waals surface area contributed by atoms with Gasteiger partial charge in [-0.1, -0.05) is 0 Å². The molecule has 0 unspecified atom stereocenters. The summed E-state index contributed by atoms with van der Waals surface area (Å²) < 4.78 is 8.80. The maximum Gasteiger partial charge on any atom is 0.321 e. The van der Waals surface area contributed by atoms with Gasteiger partial charge >= 0.3 is 17.9 Å². The van der Waals surface area contributed by atoms with Crippen molar-refractivity contribution in [2.24, 2.45) is 0 Å². The highest BCUT2D eigenvalue weighted by atomic mass is 16.5. The Morgan fingerprint density at radius 3 is 1.84 bits per heavy atom. The number of nitrogens with one attached hydrogen (secondary N) is 1. The molecule has 108 valence electrons. The number of carboxylic acids is 1. The van der Waals surface area contributed by atoms with E-state index in [1.165, 1.54) is 0 Å². The van der Waals surface area contributed by atoms with Crippen LogP contribution in [0, 0.1) is 0 Å². The van der Waals surface area contributed by atoms with Crippen LogP contribution in [0.5, 0.6) is 0 Å². The number of carbonyl (C=O) groups excluding carboxylic acids is 3. The molecule has 0 radical (unpaired) electrons.